The predicted molar refractivity (Wildman–Crippen MR) is 229 cm³/mol. The molecule has 13 heteroatoms. The normalized spacial score (nSPS) is 23.0. The van der Waals surface area contributed by atoms with E-state index < -0.39 is 11.9 Å². The number of imide groups is 1. The molecule has 4 aromatic rings. The van der Waals surface area contributed by atoms with Crippen molar-refractivity contribution in [2.75, 3.05) is 38.0 Å². The Bertz CT molecular complexity index is 2240. The first kappa shape index (κ1) is 40.1. The molecule has 5 heterocycles. The van der Waals surface area contributed by atoms with Crippen LogP contribution < -0.4 is 15.4 Å². The predicted octanol–water partition coefficient (Wildman–Crippen LogP) is 6.98. The third-order valence-electron chi connectivity index (χ3n) is 13.1. The Labute approximate surface area is 356 Å². The number of piperidine rings is 3. The number of benzene rings is 3. The first-order chi connectivity index (χ1) is 29.2. The molecule has 3 aromatic carbocycles. The lowest BCUT2D eigenvalue weighted by Gasteiger charge is -2.39. The van der Waals surface area contributed by atoms with Crippen LogP contribution in [0.15, 0.2) is 79.0 Å². The van der Waals surface area contributed by atoms with Gasteiger partial charge in [0.05, 0.1) is 16.9 Å². The first-order valence-electron chi connectivity index (χ1n) is 21.6. The third-order valence-corrected chi connectivity index (χ3v) is 13.4. The van der Waals surface area contributed by atoms with Crippen molar-refractivity contribution >= 4 is 41.2 Å². The van der Waals surface area contributed by atoms with Crippen LogP contribution in [0, 0.1) is 11.8 Å². The maximum absolute atomic E-state index is 13.8. The Morgan fingerprint density at radius 3 is 2.43 bits per heavy atom. The molecule has 4 amide bonds. The molecule has 0 radical (unpaired) electrons. The van der Waals surface area contributed by atoms with Crippen LogP contribution >= 0.6 is 11.6 Å². The summed E-state index contributed by atoms with van der Waals surface area (Å²) in [6.45, 7) is 4.93. The van der Waals surface area contributed by atoms with Crippen LogP contribution in [0.4, 0.5) is 5.95 Å². The number of likely N-dealkylation sites (tertiary alicyclic amines) is 2. The second-order valence-corrected chi connectivity index (χ2v) is 17.6. The second kappa shape index (κ2) is 17.7. The fraction of sp³-hybridized carbons (Fsp3) is 0.447. The van der Waals surface area contributed by atoms with Gasteiger partial charge in [0.1, 0.15) is 17.9 Å². The Morgan fingerprint density at radius 2 is 1.63 bits per heavy atom. The average Bonchev–Trinajstić information content (AvgIpc) is 3.60. The molecular formula is C47H52ClN7O5. The van der Waals surface area contributed by atoms with Gasteiger partial charge in [0.2, 0.25) is 23.7 Å². The molecule has 1 aromatic heterocycles. The highest BCUT2D eigenvalue weighted by molar-refractivity contribution is 6.33. The lowest BCUT2D eigenvalue weighted by molar-refractivity contribution is -0.138. The third kappa shape index (κ3) is 8.90. The van der Waals surface area contributed by atoms with Crippen LogP contribution in [-0.2, 0) is 20.9 Å². The van der Waals surface area contributed by atoms with E-state index >= 15 is 0 Å². The smallest absolute Gasteiger partial charge is 0.255 e. The number of amides is 4. The van der Waals surface area contributed by atoms with Crippen molar-refractivity contribution in [3.63, 3.8) is 0 Å². The molecule has 1 aliphatic carbocycles. The largest absolute Gasteiger partial charge is 0.490 e. The molecule has 1 saturated carbocycles. The quantitative estimate of drug-likeness (QED) is 0.162. The fourth-order valence-corrected chi connectivity index (χ4v) is 10.0. The fourth-order valence-electron chi connectivity index (χ4n) is 9.83. The molecule has 12 nitrogen and oxygen atoms in total. The highest BCUT2D eigenvalue weighted by atomic mass is 35.5. The number of fused-ring (bicyclic) bond motifs is 1. The molecule has 9 rings (SSSR count). The molecule has 3 saturated heterocycles. The van der Waals surface area contributed by atoms with Gasteiger partial charge in [0, 0.05) is 68.8 Å². The number of anilines is 1. The van der Waals surface area contributed by atoms with E-state index in [-0.39, 0.29) is 42.2 Å². The number of ether oxygens (including phenoxy) is 1. The van der Waals surface area contributed by atoms with Gasteiger partial charge < -0.3 is 24.8 Å². The average molecular weight is 830 g/mol. The Hall–Kier alpha value is -5.33. The van der Waals surface area contributed by atoms with Gasteiger partial charge in [-0.1, -0.05) is 66.6 Å². The second-order valence-electron chi connectivity index (χ2n) is 17.1. The van der Waals surface area contributed by atoms with E-state index in [0.29, 0.717) is 41.1 Å². The Kier molecular flexibility index (Phi) is 11.8. The van der Waals surface area contributed by atoms with E-state index in [1.807, 2.05) is 42.5 Å². The van der Waals surface area contributed by atoms with E-state index in [9.17, 15) is 19.2 Å². The summed E-state index contributed by atoms with van der Waals surface area (Å²) in [5.41, 5.74) is 5.29. The van der Waals surface area contributed by atoms with Gasteiger partial charge in [-0.25, -0.2) is 9.97 Å². The van der Waals surface area contributed by atoms with Gasteiger partial charge in [-0.05, 0) is 98.2 Å². The van der Waals surface area contributed by atoms with Crippen molar-refractivity contribution in [3.05, 3.63) is 95.1 Å². The zero-order valence-electron chi connectivity index (χ0n) is 33.9. The summed E-state index contributed by atoms with van der Waals surface area (Å²) in [7, 11) is 0. The SMILES string of the molecule is O=C1CCC(N2Cc3cc(OC4CCN(CC5CCN(C(=O)[C@H]6CCC[C@@H](Nc7ncc(Cl)c(-c8cccc(-c9ccccc9)c8)n7)C6)CC5)CC4)ccc3C2=O)C(=O)N1. The van der Waals surface area contributed by atoms with E-state index in [2.05, 4.69) is 49.7 Å². The van der Waals surface area contributed by atoms with Crippen LogP contribution in [0.5, 0.6) is 5.75 Å². The summed E-state index contributed by atoms with van der Waals surface area (Å²) in [6, 6.07) is 23.6. The van der Waals surface area contributed by atoms with Gasteiger partial charge in [0.25, 0.3) is 5.91 Å². The Balaban J connectivity index is 0.715. The van der Waals surface area contributed by atoms with Gasteiger partial charge in [-0.3, -0.25) is 24.5 Å². The van der Waals surface area contributed by atoms with Crippen LogP contribution in [0.1, 0.15) is 80.1 Å². The summed E-state index contributed by atoms with van der Waals surface area (Å²) >= 11 is 6.63. The monoisotopic (exact) mass is 829 g/mol. The summed E-state index contributed by atoms with van der Waals surface area (Å²) in [4.78, 5) is 66.6. The standard InChI is InChI=1S/C47H52ClN7O5/c48-40-27-49-47(52-43(40)33-9-4-8-32(24-33)31-6-2-1-3-7-31)50-36-11-5-10-34(25-36)45(58)54-22-16-30(17-23-54)28-53-20-18-37(19-21-53)60-38-12-13-39-35(26-38)29-55(46(39)59)41-14-15-42(56)51-44(41)57/h1-4,6-9,12-13,24,26-27,30,34,36-37,41H,5,10-11,14-23,25,28-29H2,(H,49,50,52)(H,51,56,57)/t34-,36+,41?/m0/s1. The molecule has 4 aliphatic heterocycles. The molecule has 312 valence electrons. The lowest BCUT2D eigenvalue weighted by Crippen LogP contribution is -2.52. The number of nitrogens with zero attached hydrogens (tertiary/aromatic N) is 5. The number of aromatic nitrogens is 2. The van der Waals surface area contributed by atoms with Crippen LogP contribution in [0.3, 0.4) is 0 Å². The van der Waals surface area contributed by atoms with Crippen LogP contribution in [0.2, 0.25) is 5.02 Å². The summed E-state index contributed by atoms with van der Waals surface area (Å²) < 4.78 is 6.41. The summed E-state index contributed by atoms with van der Waals surface area (Å²) in [5.74, 6) is 1.27. The van der Waals surface area contributed by atoms with Crippen molar-refractivity contribution in [2.45, 2.75) is 88.9 Å². The zero-order valence-corrected chi connectivity index (χ0v) is 34.6. The number of hydrogen-bond donors (Lipinski definition) is 2. The van der Waals surface area contributed by atoms with E-state index in [1.54, 1.807) is 17.2 Å². The lowest BCUT2D eigenvalue weighted by atomic mass is 9.84. The molecule has 0 bridgehead atoms. The molecule has 0 spiro atoms. The van der Waals surface area contributed by atoms with E-state index in [0.717, 1.165) is 112 Å². The van der Waals surface area contributed by atoms with Crippen molar-refractivity contribution in [2.24, 2.45) is 11.8 Å². The van der Waals surface area contributed by atoms with E-state index in [4.69, 9.17) is 21.3 Å². The van der Waals surface area contributed by atoms with Gasteiger partial charge in [-0.2, -0.15) is 0 Å². The van der Waals surface area contributed by atoms with Crippen LogP contribution in [-0.4, -0.2) is 99.2 Å². The number of carbonyl (C=O) groups excluding carboxylic acids is 4. The van der Waals surface area contributed by atoms with Crippen molar-refractivity contribution in [3.8, 4) is 28.1 Å². The minimum Gasteiger partial charge on any atom is -0.490 e. The number of hydrogen-bond acceptors (Lipinski definition) is 9. The van der Waals surface area contributed by atoms with Gasteiger partial charge >= 0.3 is 0 Å². The maximum Gasteiger partial charge on any atom is 0.255 e. The first-order valence-corrected chi connectivity index (χ1v) is 22.0. The zero-order chi connectivity index (χ0) is 41.2. The Morgan fingerprint density at radius 1 is 0.850 bits per heavy atom. The summed E-state index contributed by atoms with van der Waals surface area (Å²) in [6.07, 6.45) is 9.88. The van der Waals surface area contributed by atoms with Crippen LogP contribution in [0.25, 0.3) is 22.4 Å². The van der Waals surface area contributed by atoms with Crippen molar-refractivity contribution in [1.82, 2.24) is 30.0 Å². The molecule has 60 heavy (non-hydrogen) atoms. The topological polar surface area (TPSA) is 137 Å². The van der Waals surface area contributed by atoms with Crippen molar-refractivity contribution in [1.29, 1.82) is 0 Å². The number of carbonyl (C=O) groups is 4. The van der Waals surface area contributed by atoms with Gasteiger partial charge in [0.15, 0.2) is 0 Å². The molecule has 5 aliphatic rings. The van der Waals surface area contributed by atoms with Gasteiger partial charge in [-0.15, -0.1) is 0 Å². The summed E-state index contributed by atoms with van der Waals surface area (Å²) in [5, 5.41) is 6.41. The van der Waals surface area contributed by atoms with Crippen molar-refractivity contribution < 1.29 is 23.9 Å². The molecule has 2 N–H and O–H groups in total. The molecule has 1 unspecified atom stereocenters. The van der Waals surface area contributed by atoms with E-state index in [1.165, 1.54) is 0 Å². The number of nitrogens with one attached hydrogen (secondary N) is 2. The number of halogens is 1. The minimum atomic E-state index is -0.626. The highest BCUT2D eigenvalue weighted by Crippen LogP contribution is 2.34. The molecule has 4 fully saturated rings. The number of rotatable bonds is 10. The maximum atomic E-state index is 13.8. The minimum absolute atomic E-state index is 0.00316. The molecular weight excluding hydrogens is 778 g/mol. The highest BCUT2D eigenvalue weighted by Gasteiger charge is 2.39. The molecule has 3 atom stereocenters.